The van der Waals surface area contributed by atoms with E-state index in [0.717, 1.165) is 34.5 Å². The maximum Gasteiger partial charge on any atom is 0.234 e. The van der Waals surface area contributed by atoms with Gasteiger partial charge in [0.1, 0.15) is 5.03 Å². The van der Waals surface area contributed by atoms with Gasteiger partial charge in [-0.2, -0.15) is 0 Å². The lowest BCUT2D eigenvalue weighted by Crippen LogP contribution is -2.14. The molecule has 0 bridgehead atoms. The Hall–Kier alpha value is -2.80. The van der Waals surface area contributed by atoms with E-state index in [1.165, 1.54) is 17.8 Å². The number of carbonyl (C=O) groups is 1. The Labute approximate surface area is 160 Å². The van der Waals surface area contributed by atoms with Gasteiger partial charge in [0.25, 0.3) is 0 Å². The molecular weight excluding hydrogens is 368 g/mol. The number of hydrogen-bond acceptors (Lipinski definition) is 4. The Balaban J connectivity index is 1.60. The number of hydrogen-bond donors (Lipinski definition) is 1. The van der Waals surface area contributed by atoms with Crippen molar-refractivity contribution < 1.29 is 13.6 Å². The first-order valence-corrected chi connectivity index (χ1v) is 9.20. The molecule has 0 aliphatic carbocycles. The molecule has 3 aromatic rings. The van der Waals surface area contributed by atoms with Crippen molar-refractivity contribution in [3.05, 3.63) is 71.3 Å². The summed E-state index contributed by atoms with van der Waals surface area (Å²) in [6.07, 6.45) is 0. The maximum atomic E-state index is 13.2. The zero-order valence-corrected chi connectivity index (χ0v) is 15.6. The predicted octanol–water partition coefficient (Wildman–Crippen LogP) is 4.77. The van der Waals surface area contributed by atoms with Crippen LogP contribution in [0.4, 0.5) is 14.5 Å². The van der Waals surface area contributed by atoms with Crippen LogP contribution in [0.3, 0.4) is 0 Å². The largest absolute Gasteiger partial charge is 0.325 e. The van der Waals surface area contributed by atoms with Crippen molar-refractivity contribution in [2.75, 3.05) is 11.1 Å². The molecule has 3 rings (SSSR count). The zero-order valence-electron chi connectivity index (χ0n) is 14.8. The SMILES string of the molecule is Cc1ccc(C)c(-c2ccc(SCC(=O)Nc3ccc(F)c(F)c3)nn2)c1. The van der Waals surface area contributed by atoms with E-state index < -0.39 is 11.6 Å². The summed E-state index contributed by atoms with van der Waals surface area (Å²) >= 11 is 1.21. The fourth-order valence-corrected chi connectivity index (χ4v) is 3.08. The average molecular weight is 385 g/mol. The molecule has 27 heavy (non-hydrogen) atoms. The molecule has 1 aromatic heterocycles. The standard InChI is InChI=1S/C20H17F2N3OS/c1-12-3-4-13(2)15(9-12)18-7-8-20(25-24-18)27-11-19(26)23-14-5-6-16(21)17(22)10-14/h3-10H,11H2,1-2H3,(H,23,26). The number of aryl methyl sites for hydroxylation is 2. The summed E-state index contributed by atoms with van der Waals surface area (Å²) in [4.78, 5) is 12.0. The Bertz CT molecular complexity index is 977. The lowest BCUT2D eigenvalue weighted by Gasteiger charge is -2.07. The highest BCUT2D eigenvalue weighted by molar-refractivity contribution is 7.99. The number of amides is 1. The van der Waals surface area contributed by atoms with Crippen LogP contribution in [0, 0.1) is 25.5 Å². The molecule has 1 amide bonds. The highest BCUT2D eigenvalue weighted by Crippen LogP contribution is 2.24. The summed E-state index contributed by atoms with van der Waals surface area (Å²) in [5.74, 6) is -2.22. The second-order valence-corrected chi connectivity index (χ2v) is 7.04. The smallest absolute Gasteiger partial charge is 0.234 e. The molecule has 138 valence electrons. The van der Waals surface area contributed by atoms with Gasteiger partial charge in [0.2, 0.25) is 5.91 Å². The van der Waals surface area contributed by atoms with E-state index >= 15 is 0 Å². The maximum absolute atomic E-state index is 13.2. The van der Waals surface area contributed by atoms with Crippen LogP contribution in [-0.4, -0.2) is 21.9 Å². The molecule has 0 saturated heterocycles. The van der Waals surface area contributed by atoms with Crippen molar-refractivity contribution in [3.63, 3.8) is 0 Å². The molecule has 0 aliphatic rings. The van der Waals surface area contributed by atoms with Gasteiger partial charge in [0, 0.05) is 17.3 Å². The number of rotatable bonds is 5. The number of aromatic nitrogens is 2. The molecule has 0 radical (unpaired) electrons. The van der Waals surface area contributed by atoms with Crippen LogP contribution in [0.2, 0.25) is 0 Å². The lowest BCUT2D eigenvalue weighted by molar-refractivity contribution is -0.113. The fourth-order valence-electron chi connectivity index (χ4n) is 2.46. The van der Waals surface area contributed by atoms with Crippen LogP contribution in [-0.2, 0) is 4.79 Å². The van der Waals surface area contributed by atoms with Crippen LogP contribution in [0.15, 0.2) is 53.6 Å². The van der Waals surface area contributed by atoms with Gasteiger partial charge in [-0.05, 0) is 49.7 Å². The molecule has 1 heterocycles. The number of carbonyl (C=O) groups excluding carboxylic acids is 1. The summed E-state index contributed by atoms with van der Waals surface area (Å²) in [5, 5.41) is 11.5. The lowest BCUT2D eigenvalue weighted by atomic mass is 10.0. The van der Waals surface area contributed by atoms with E-state index in [2.05, 4.69) is 21.6 Å². The summed E-state index contributed by atoms with van der Waals surface area (Å²) in [6, 6.07) is 13.0. The normalized spacial score (nSPS) is 10.7. The number of nitrogens with zero attached hydrogens (tertiary/aromatic N) is 2. The molecule has 4 nitrogen and oxygen atoms in total. The van der Waals surface area contributed by atoms with Crippen LogP contribution < -0.4 is 5.32 Å². The highest BCUT2D eigenvalue weighted by atomic mass is 32.2. The van der Waals surface area contributed by atoms with Crippen LogP contribution in [0.5, 0.6) is 0 Å². The Morgan fingerprint density at radius 3 is 2.52 bits per heavy atom. The van der Waals surface area contributed by atoms with Gasteiger partial charge in [0.05, 0.1) is 11.4 Å². The van der Waals surface area contributed by atoms with Crippen molar-refractivity contribution >= 4 is 23.4 Å². The number of benzene rings is 2. The molecule has 7 heteroatoms. The monoisotopic (exact) mass is 385 g/mol. The predicted molar refractivity (Wildman–Crippen MR) is 103 cm³/mol. The second kappa shape index (κ2) is 8.26. The van der Waals surface area contributed by atoms with E-state index in [1.807, 2.05) is 32.0 Å². The first-order valence-electron chi connectivity index (χ1n) is 8.21. The summed E-state index contributed by atoms with van der Waals surface area (Å²) in [6.45, 7) is 4.04. The van der Waals surface area contributed by atoms with E-state index in [-0.39, 0.29) is 17.3 Å². The van der Waals surface area contributed by atoms with Gasteiger partial charge in [-0.25, -0.2) is 8.78 Å². The fraction of sp³-hybridized carbons (Fsp3) is 0.150. The molecule has 0 aliphatic heterocycles. The molecule has 0 atom stereocenters. The molecule has 0 spiro atoms. The molecule has 1 N–H and O–H groups in total. The third kappa shape index (κ3) is 4.89. The number of thioether (sulfide) groups is 1. The summed E-state index contributed by atoms with van der Waals surface area (Å²) in [7, 11) is 0. The Morgan fingerprint density at radius 2 is 1.81 bits per heavy atom. The molecule has 0 fully saturated rings. The molecule has 2 aromatic carbocycles. The highest BCUT2D eigenvalue weighted by Gasteiger charge is 2.09. The van der Waals surface area contributed by atoms with Crippen LogP contribution >= 0.6 is 11.8 Å². The number of nitrogens with one attached hydrogen (secondary N) is 1. The number of anilines is 1. The topological polar surface area (TPSA) is 54.9 Å². The summed E-state index contributed by atoms with van der Waals surface area (Å²) in [5.41, 5.74) is 4.25. The van der Waals surface area contributed by atoms with Gasteiger partial charge in [-0.15, -0.1) is 10.2 Å². The van der Waals surface area contributed by atoms with Crippen molar-refractivity contribution in [3.8, 4) is 11.3 Å². The van der Waals surface area contributed by atoms with Gasteiger partial charge >= 0.3 is 0 Å². The van der Waals surface area contributed by atoms with Crippen LogP contribution in [0.1, 0.15) is 11.1 Å². The van der Waals surface area contributed by atoms with Gasteiger partial charge in [-0.3, -0.25) is 4.79 Å². The average Bonchev–Trinajstić information content (AvgIpc) is 2.65. The van der Waals surface area contributed by atoms with E-state index in [1.54, 1.807) is 6.07 Å². The number of halogens is 2. The Morgan fingerprint density at radius 1 is 1.00 bits per heavy atom. The van der Waals surface area contributed by atoms with Gasteiger partial charge in [-0.1, -0.05) is 29.5 Å². The minimum atomic E-state index is -1.01. The summed E-state index contributed by atoms with van der Waals surface area (Å²) < 4.78 is 26.1. The van der Waals surface area contributed by atoms with Crippen molar-refractivity contribution in [2.24, 2.45) is 0 Å². The van der Waals surface area contributed by atoms with Crippen molar-refractivity contribution in [2.45, 2.75) is 18.9 Å². The van der Waals surface area contributed by atoms with E-state index in [4.69, 9.17) is 0 Å². The second-order valence-electron chi connectivity index (χ2n) is 6.04. The first kappa shape index (κ1) is 19.0. The Kier molecular flexibility index (Phi) is 5.81. The third-order valence-electron chi connectivity index (χ3n) is 3.86. The molecule has 0 unspecified atom stereocenters. The van der Waals surface area contributed by atoms with Gasteiger partial charge in [0.15, 0.2) is 11.6 Å². The third-order valence-corrected chi connectivity index (χ3v) is 4.78. The van der Waals surface area contributed by atoms with E-state index in [0.29, 0.717) is 5.03 Å². The molecule has 0 saturated carbocycles. The minimum Gasteiger partial charge on any atom is -0.325 e. The quantitative estimate of drug-likeness (QED) is 0.643. The zero-order chi connectivity index (χ0) is 19.4. The van der Waals surface area contributed by atoms with E-state index in [9.17, 15) is 13.6 Å². The molecular formula is C20H17F2N3OS. The first-order chi connectivity index (χ1) is 12.9. The van der Waals surface area contributed by atoms with Gasteiger partial charge < -0.3 is 5.32 Å². The van der Waals surface area contributed by atoms with Crippen molar-refractivity contribution in [1.29, 1.82) is 0 Å². The van der Waals surface area contributed by atoms with Crippen LogP contribution in [0.25, 0.3) is 11.3 Å². The van der Waals surface area contributed by atoms with Crippen molar-refractivity contribution in [1.82, 2.24) is 10.2 Å². The minimum absolute atomic E-state index is 0.0799.